The lowest BCUT2D eigenvalue weighted by Crippen LogP contribution is -2.31. The van der Waals surface area contributed by atoms with Crippen LogP contribution in [0.2, 0.25) is 0 Å². The second-order valence-electron chi connectivity index (χ2n) is 5.94. The minimum absolute atomic E-state index is 0.103. The molecule has 7 nitrogen and oxygen atoms in total. The average molecular weight is 352 g/mol. The van der Waals surface area contributed by atoms with Gasteiger partial charge in [0.25, 0.3) is 5.91 Å². The van der Waals surface area contributed by atoms with Gasteiger partial charge in [-0.3, -0.25) is 9.59 Å². The van der Waals surface area contributed by atoms with Crippen molar-refractivity contribution in [3.8, 4) is 5.75 Å². The predicted octanol–water partition coefficient (Wildman–Crippen LogP) is 2.48. The van der Waals surface area contributed by atoms with Crippen molar-refractivity contribution in [3.05, 3.63) is 71.6 Å². The number of ether oxygens (including phenoxy) is 1. The first-order valence-corrected chi connectivity index (χ1v) is 8.11. The number of ketones is 1. The molecule has 0 aliphatic heterocycles. The summed E-state index contributed by atoms with van der Waals surface area (Å²) in [6, 6.07) is 8.52. The van der Waals surface area contributed by atoms with Crippen LogP contribution in [0, 0.1) is 0 Å². The van der Waals surface area contributed by atoms with E-state index in [4.69, 9.17) is 4.74 Å². The Hall–Kier alpha value is -3.35. The van der Waals surface area contributed by atoms with Gasteiger partial charge in [0.05, 0.1) is 7.11 Å². The van der Waals surface area contributed by atoms with Gasteiger partial charge in [0, 0.05) is 31.2 Å². The lowest BCUT2D eigenvalue weighted by Gasteiger charge is -2.19. The van der Waals surface area contributed by atoms with Gasteiger partial charge in [0.2, 0.25) is 0 Å². The van der Waals surface area contributed by atoms with E-state index < -0.39 is 6.04 Å². The summed E-state index contributed by atoms with van der Waals surface area (Å²) in [7, 11) is 3.46. The zero-order valence-corrected chi connectivity index (χ0v) is 14.8. The molecular weight excluding hydrogens is 332 g/mol. The third-order valence-electron chi connectivity index (χ3n) is 4.15. The van der Waals surface area contributed by atoms with Crippen molar-refractivity contribution in [3.63, 3.8) is 0 Å². The summed E-state index contributed by atoms with van der Waals surface area (Å²) < 4.78 is 7.14. The van der Waals surface area contributed by atoms with Crippen LogP contribution in [0.5, 0.6) is 5.75 Å². The van der Waals surface area contributed by atoms with Gasteiger partial charge in [-0.05, 0) is 30.7 Å². The molecule has 134 valence electrons. The Kier molecular flexibility index (Phi) is 4.88. The number of methoxy groups -OCH3 is 1. The summed E-state index contributed by atoms with van der Waals surface area (Å²) in [5.41, 5.74) is 1.62. The Bertz CT molecular complexity index is 942. The van der Waals surface area contributed by atoms with Crippen LogP contribution in [-0.4, -0.2) is 33.3 Å². The van der Waals surface area contributed by atoms with Crippen LogP contribution < -0.4 is 10.1 Å². The molecule has 2 heterocycles. The van der Waals surface area contributed by atoms with E-state index in [9.17, 15) is 9.59 Å². The van der Waals surface area contributed by atoms with Crippen molar-refractivity contribution in [2.24, 2.45) is 7.05 Å². The minimum atomic E-state index is -0.471. The zero-order valence-electron chi connectivity index (χ0n) is 14.8. The topological polar surface area (TPSA) is 89.0 Å². The Labute approximate surface area is 151 Å². The number of hydrogen-bond donors (Lipinski definition) is 2. The molecule has 0 spiro atoms. The fourth-order valence-electron chi connectivity index (χ4n) is 2.71. The Morgan fingerprint density at radius 3 is 2.73 bits per heavy atom. The van der Waals surface area contributed by atoms with E-state index in [0.717, 1.165) is 5.56 Å². The third-order valence-corrected chi connectivity index (χ3v) is 4.15. The zero-order chi connectivity index (χ0) is 18.7. The number of benzene rings is 1. The molecule has 0 bridgehead atoms. The van der Waals surface area contributed by atoms with E-state index in [1.165, 1.54) is 13.1 Å². The van der Waals surface area contributed by atoms with Gasteiger partial charge in [-0.15, -0.1) is 0 Å². The maximum Gasteiger partial charge on any atom is 0.268 e. The molecular formula is C19H20N4O3. The predicted molar refractivity (Wildman–Crippen MR) is 96.3 cm³/mol. The number of imidazole rings is 1. The molecule has 0 aliphatic rings. The fourth-order valence-corrected chi connectivity index (χ4v) is 2.71. The summed E-state index contributed by atoms with van der Waals surface area (Å²) in [6.07, 6.45) is 5.02. The maximum atomic E-state index is 12.7. The van der Waals surface area contributed by atoms with Crippen molar-refractivity contribution in [2.75, 3.05) is 7.11 Å². The number of nitrogens with one attached hydrogen (secondary N) is 2. The van der Waals surface area contributed by atoms with E-state index >= 15 is 0 Å². The van der Waals surface area contributed by atoms with Crippen LogP contribution in [-0.2, 0) is 7.05 Å². The second-order valence-corrected chi connectivity index (χ2v) is 5.94. The molecule has 2 N–H and O–H groups in total. The quantitative estimate of drug-likeness (QED) is 0.667. The van der Waals surface area contributed by atoms with Crippen LogP contribution in [0.15, 0.2) is 48.9 Å². The smallest absolute Gasteiger partial charge is 0.268 e. The molecule has 3 aromatic rings. The van der Waals surface area contributed by atoms with Crippen molar-refractivity contribution < 1.29 is 14.3 Å². The molecule has 0 unspecified atom stereocenters. The highest BCUT2D eigenvalue weighted by Crippen LogP contribution is 2.24. The molecule has 0 saturated heterocycles. The molecule has 7 heteroatoms. The van der Waals surface area contributed by atoms with E-state index in [2.05, 4.69) is 15.3 Å². The van der Waals surface area contributed by atoms with Crippen LogP contribution >= 0.6 is 0 Å². The molecule has 1 atom stereocenters. The van der Waals surface area contributed by atoms with Gasteiger partial charge < -0.3 is 19.6 Å². The first-order valence-electron chi connectivity index (χ1n) is 8.11. The molecule has 0 saturated carbocycles. The van der Waals surface area contributed by atoms with Crippen LogP contribution in [0.3, 0.4) is 0 Å². The van der Waals surface area contributed by atoms with Crippen molar-refractivity contribution in [2.45, 2.75) is 13.0 Å². The number of amides is 1. The highest BCUT2D eigenvalue weighted by atomic mass is 16.5. The second kappa shape index (κ2) is 7.26. The van der Waals surface area contributed by atoms with Crippen molar-refractivity contribution in [1.82, 2.24) is 19.9 Å². The number of nitrogens with zero attached hydrogens (tertiary/aromatic N) is 2. The van der Waals surface area contributed by atoms with Crippen LogP contribution in [0.1, 0.15) is 45.2 Å². The summed E-state index contributed by atoms with van der Waals surface area (Å²) in [5.74, 6) is 0.946. The van der Waals surface area contributed by atoms with Crippen molar-refractivity contribution in [1.29, 1.82) is 0 Å². The van der Waals surface area contributed by atoms with Gasteiger partial charge >= 0.3 is 0 Å². The Balaban J connectivity index is 1.94. The molecule has 0 radical (unpaired) electrons. The minimum Gasteiger partial charge on any atom is -0.497 e. The number of H-pyrrole nitrogens is 1. The normalized spacial score (nSPS) is 11.8. The van der Waals surface area contributed by atoms with Gasteiger partial charge in [-0.1, -0.05) is 12.1 Å². The number of Topliss-reactive ketones (excluding diaryl/α,β-unsaturated/α-hetero) is 1. The van der Waals surface area contributed by atoms with Gasteiger partial charge in [0.1, 0.15) is 23.3 Å². The number of aromatic amines is 1. The molecule has 3 rings (SSSR count). The standard InChI is InChI=1S/C19H20N4O3/c1-12(24)14-10-16(21-11-14)19(25)22-17(18-20-7-8-23(18)2)13-5-4-6-15(9-13)26-3/h4-11,17,21H,1-3H3,(H,22,25)/t17-/m1/s1. The van der Waals surface area contributed by atoms with Crippen LogP contribution in [0.4, 0.5) is 0 Å². The highest BCUT2D eigenvalue weighted by molar-refractivity contribution is 5.99. The fraction of sp³-hybridized carbons (Fsp3) is 0.211. The Morgan fingerprint density at radius 2 is 2.12 bits per heavy atom. The SMILES string of the molecule is COc1cccc([C@@H](NC(=O)c2cc(C(C)=O)c[nH]2)c2nccn2C)c1. The monoisotopic (exact) mass is 352 g/mol. The van der Waals surface area contributed by atoms with E-state index in [1.807, 2.05) is 42.1 Å². The number of aryl methyl sites for hydroxylation is 1. The first-order chi connectivity index (χ1) is 12.5. The third kappa shape index (κ3) is 3.51. The summed E-state index contributed by atoms with van der Waals surface area (Å²) >= 11 is 0. The molecule has 1 amide bonds. The number of rotatable bonds is 6. The van der Waals surface area contributed by atoms with Gasteiger partial charge in [-0.25, -0.2) is 4.98 Å². The van der Waals surface area contributed by atoms with Gasteiger partial charge in [-0.2, -0.15) is 0 Å². The summed E-state index contributed by atoms with van der Waals surface area (Å²) in [4.78, 5) is 31.4. The summed E-state index contributed by atoms with van der Waals surface area (Å²) in [6.45, 7) is 1.46. The van der Waals surface area contributed by atoms with E-state index in [-0.39, 0.29) is 11.7 Å². The van der Waals surface area contributed by atoms with Gasteiger partial charge in [0.15, 0.2) is 5.78 Å². The van der Waals surface area contributed by atoms with E-state index in [0.29, 0.717) is 22.8 Å². The number of hydrogen-bond acceptors (Lipinski definition) is 4. The molecule has 0 fully saturated rings. The first kappa shape index (κ1) is 17.5. The largest absolute Gasteiger partial charge is 0.497 e. The lowest BCUT2D eigenvalue weighted by molar-refractivity contribution is 0.0936. The molecule has 0 aliphatic carbocycles. The van der Waals surface area contributed by atoms with Crippen LogP contribution in [0.25, 0.3) is 0 Å². The number of carbonyl (C=O) groups excluding carboxylic acids is 2. The maximum absolute atomic E-state index is 12.7. The molecule has 1 aromatic carbocycles. The van der Waals surface area contributed by atoms with E-state index in [1.54, 1.807) is 19.4 Å². The molecule has 26 heavy (non-hydrogen) atoms. The highest BCUT2D eigenvalue weighted by Gasteiger charge is 2.23. The number of aromatic nitrogens is 3. The summed E-state index contributed by atoms with van der Waals surface area (Å²) in [5, 5.41) is 2.98. The lowest BCUT2D eigenvalue weighted by atomic mass is 10.1. The average Bonchev–Trinajstić information content (AvgIpc) is 3.29. The Morgan fingerprint density at radius 1 is 1.31 bits per heavy atom. The molecule has 2 aromatic heterocycles. The van der Waals surface area contributed by atoms with Crippen molar-refractivity contribution >= 4 is 11.7 Å². The number of carbonyl (C=O) groups is 2.